The van der Waals surface area contributed by atoms with Crippen molar-refractivity contribution in [3.63, 3.8) is 0 Å². The number of aromatic nitrogens is 2. The number of nitrogens with two attached hydrogens (primary N) is 1. The van der Waals surface area contributed by atoms with Crippen molar-refractivity contribution in [2.45, 2.75) is 32.2 Å². The maximum Gasteiger partial charge on any atom is 0.320 e. The van der Waals surface area contributed by atoms with Gasteiger partial charge in [-0.05, 0) is 43.5 Å². The summed E-state index contributed by atoms with van der Waals surface area (Å²) in [5.74, 6) is 0.0691. The summed E-state index contributed by atoms with van der Waals surface area (Å²) in [6, 6.07) is 6.51. The molecule has 0 spiro atoms. The lowest BCUT2D eigenvalue weighted by molar-refractivity contribution is -0.138. The number of carbonyl (C=O) groups is 2. The van der Waals surface area contributed by atoms with Gasteiger partial charge in [0, 0.05) is 31.5 Å². The quantitative estimate of drug-likeness (QED) is 0.613. The average molecular weight is 413 g/mol. The molecule has 0 aromatic carbocycles. The van der Waals surface area contributed by atoms with E-state index in [2.05, 4.69) is 9.97 Å². The van der Waals surface area contributed by atoms with E-state index in [0.717, 1.165) is 12.1 Å². The van der Waals surface area contributed by atoms with Crippen molar-refractivity contribution >= 4 is 17.8 Å². The van der Waals surface area contributed by atoms with Gasteiger partial charge in [-0.15, -0.1) is 0 Å². The molecule has 3 N–H and O–H groups in total. The van der Waals surface area contributed by atoms with Gasteiger partial charge in [-0.2, -0.15) is 0 Å². The number of anilines is 1. The molecule has 3 rings (SSSR count). The lowest BCUT2D eigenvalue weighted by Gasteiger charge is -2.27. The highest BCUT2D eigenvalue weighted by atomic mass is 16.5. The molecule has 1 aliphatic heterocycles. The molecule has 0 bridgehead atoms. The number of aryl methyl sites for hydroxylation is 1. The van der Waals surface area contributed by atoms with Crippen LogP contribution in [0, 0.1) is 0 Å². The number of hydrogen-bond donors (Lipinski definition) is 2. The molecule has 30 heavy (non-hydrogen) atoms. The summed E-state index contributed by atoms with van der Waals surface area (Å²) in [5.41, 5.74) is 7.25. The first kappa shape index (κ1) is 21.4. The maximum absolute atomic E-state index is 13.0. The Morgan fingerprint density at radius 2 is 2.17 bits per heavy atom. The Balaban J connectivity index is 1.66. The van der Waals surface area contributed by atoms with Gasteiger partial charge in [0.05, 0.1) is 25.3 Å². The fourth-order valence-electron chi connectivity index (χ4n) is 3.62. The molecule has 2 amide bonds. The Morgan fingerprint density at radius 3 is 2.90 bits per heavy atom. The predicted octanol–water partition coefficient (Wildman–Crippen LogP) is 2.34. The van der Waals surface area contributed by atoms with Crippen LogP contribution in [-0.2, 0) is 11.2 Å². The van der Waals surface area contributed by atoms with Crippen molar-refractivity contribution < 1.29 is 19.4 Å². The molecule has 9 nitrogen and oxygen atoms in total. The summed E-state index contributed by atoms with van der Waals surface area (Å²) in [6.07, 6.45) is 4.45. The number of rotatable bonds is 10. The van der Waals surface area contributed by atoms with Gasteiger partial charge in [0.15, 0.2) is 0 Å². The van der Waals surface area contributed by atoms with Crippen LogP contribution in [0.1, 0.15) is 37.1 Å². The van der Waals surface area contributed by atoms with Gasteiger partial charge in [0.25, 0.3) is 0 Å². The summed E-state index contributed by atoms with van der Waals surface area (Å²) >= 11 is 0. The summed E-state index contributed by atoms with van der Waals surface area (Å²) in [5, 5.41) is 9.40. The molecule has 3 heterocycles. The number of carboxylic acids is 1. The first-order valence-electron chi connectivity index (χ1n) is 10.0. The van der Waals surface area contributed by atoms with E-state index >= 15 is 0 Å². The van der Waals surface area contributed by atoms with Crippen molar-refractivity contribution in [2.75, 3.05) is 32.0 Å². The molecule has 2 aromatic heterocycles. The Morgan fingerprint density at radius 1 is 1.33 bits per heavy atom. The van der Waals surface area contributed by atoms with Crippen molar-refractivity contribution in [1.82, 2.24) is 19.8 Å². The number of nitrogen functional groups attached to an aromatic ring is 1. The fourth-order valence-corrected chi connectivity index (χ4v) is 3.62. The van der Waals surface area contributed by atoms with Gasteiger partial charge < -0.3 is 25.4 Å². The molecule has 1 aliphatic rings. The largest absolute Gasteiger partial charge is 0.492 e. The number of carboxylic acid groups (broad SMARTS) is 1. The summed E-state index contributed by atoms with van der Waals surface area (Å²) in [7, 11) is 0. The molecule has 0 unspecified atom stereocenters. The van der Waals surface area contributed by atoms with Crippen LogP contribution in [0.5, 0.6) is 5.75 Å². The van der Waals surface area contributed by atoms with Gasteiger partial charge in [-0.25, -0.2) is 9.78 Å². The van der Waals surface area contributed by atoms with Crippen LogP contribution >= 0.6 is 0 Å². The Bertz CT molecular complexity index is 891. The Labute approximate surface area is 175 Å². The second-order valence-electron chi connectivity index (χ2n) is 7.12. The predicted molar refractivity (Wildman–Crippen MR) is 111 cm³/mol. The molecule has 160 valence electrons. The number of amides is 2. The highest BCUT2D eigenvalue weighted by Gasteiger charge is 2.35. The first-order valence-corrected chi connectivity index (χ1v) is 10.0. The minimum absolute atomic E-state index is 0.163. The molecule has 1 saturated heterocycles. The van der Waals surface area contributed by atoms with Gasteiger partial charge in [-0.1, -0.05) is 6.07 Å². The highest BCUT2D eigenvalue weighted by Crippen LogP contribution is 2.30. The van der Waals surface area contributed by atoms with Crippen LogP contribution in [0.4, 0.5) is 10.6 Å². The van der Waals surface area contributed by atoms with E-state index in [-0.39, 0.29) is 12.5 Å². The second kappa shape index (κ2) is 9.91. The van der Waals surface area contributed by atoms with Crippen LogP contribution < -0.4 is 10.5 Å². The van der Waals surface area contributed by atoms with Crippen molar-refractivity contribution in [3.05, 3.63) is 47.9 Å². The lowest BCUT2D eigenvalue weighted by atomic mass is 10.0. The molecular formula is C21H27N5O4. The van der Waals surface area contributed by atoms with Crippen molar-refractivity contribution in [2.24, 2.45) is 0 Å². The van der Waals surface area contributed by atoms with E-state index in [4.69, 9.17) is 10.5 Å². The Kier molecular flexibility index (Phi) is 7.05. The smallest absolute Gasteiger partial charge is 0.320 e. The molecular weight excluding hydrogens is 386 g/mol. The van der Waals surface area contributed by atoms with Crippen LogP contribution in [0.2, 0.25) is 0 Å². The van der Waals surface area contributed by atoms with Gasteiger partial charge in [0.1, 0.15) is 11.6 Å². The normalized spacial score (nSPS) is 14.8. The summed E-state index contributed by atoms with van der Waals surface area (Å²) in [4.78, 5) is 36.2. The third-order valence-corrected chi connectivity index (χ3v) is 4.99. The minimum atomic E-state index is -0.971. The molecule has 0 aliphatic carbocycles. The monoisotopic (exact) mass is 413 g/mol. The standard InChI is InChI=1S/C21H27N5O4/c1-2-30-17-11-15(13-23-14-17)18(12-20(27)28)26-10-9-25(21(26)29)8-4-6-16-5-3-7-19(22)24-16/h3,5,7,11,13-14,18H,2,4,6,8-10,12H2,1H3,(H2,22,24)(H,27,28)/t18-/m1/s1. The molecule has 9 heteroatoms. The van der Waals surface area contributed by atoms with Crippen LogP contribution in [0.15, 0.2) is 36.7 Å². The third kappa shape index (κ3) is 5.37. The van der Waals surface area contributed by atoms with Gasteiger partial charge in [0.2, 0.25) is 0 Å². The highest BCUT2D eigenvalue weighted by molar-refractivity contribution is 5.78. The first-order chi connectivity index (χ1) is 14.5. The number of hydrogen-bond acceptors (Lipinski definition) is 6. The van der Waals surface area contributed by atoms with Gasteiger partial charge >= 0.3 is 12.0 Å². The van der Waals surface area contributed by atoms with Crippen LogP contribution in [0.25, 0.3) is 0 Å². The van der Waals surface area contributed by atoms with Crippen LogP contribution in [-0.4, -0.2) is 63.1 Å². The number of aliphatic carboxylic acids is 1. The van der Waals surface area contributed by atoms with E-state index in [0.29, 0.717) is 49.8 Å². The molecule has 0 radical (unpaired) electrons. The summed E-state index contributed by atoms with van der Waals surface area (Å²) in [6.45, 7) is 3.93. The van der Waals surface area contributed by atoms with E-state index in [1.807, 2.05) is 19.1 Å². The second-order valence-corrected chi connectivity index (χ2v) is 7.12. The van der Waals surface area contributed by atoms with Crippen molar-refractivity contribution in [1.29, 1.82) is 0 Å². The lowest BCUT2D eigenvalue weighted by Crippen LogP contribution is -2.36. The van der Waals surface area contributed by atoms with E-state index in [1.54, 1.807) is 34.3 Å². The number of urea groups is 1. The van der Waals surface area contributed by atoms with E-state index in [9.17, 15) is 14.7 Å². The zero-order valence-corrected chi connectivity index (χ0v) is 17.0. The van der Waals surface area contributed by atoms with Crippen molar-refractivity contribution in [3.8, 4) is 5.75 Å². The average Bonchev–Trinajstić information content (AvgIpc) is 3.07. The zero-order chi connectivity index (χ0) is 21.5. The SMILES string of the molecule is CCOc1cncc([C@@H](CC(=O)O)N2CCN(CCCc3cccc(N)n3)C2=O)c1. The minimum Gasteiger partial charge on any atom is -0.492 e. The van der Waals surface area contributed by atoms with Gasteiger partial charge in [-0.3, -0.25) is 9.78 Å². The van der Waals surface area contributed by atoms with E-state index < -0.39 is 12.0 Å². The molecule has 1 fully saturated rings. The molecule has 0 saturated carbocycles. The maximum atomic E-state index is 13.0. The molecule has 2 aromatic rings. The van der Waals surface area contributed by atoms with E-state index in [1.165, 1.54) is 0 Å². The van der Waals surface area contributed by atoms with Crippen LogP contribution in [0.3, 0.4) is 0 Å². The zero-order valence-electron chi connectivity index (χ0n) is 17.0. The number of carbonyl (C=O) groups excluding carboxylic acids is 1. The summed E-state index contributed by atoms with van der Waals surface area (Å²) < 4.78 is 5.48. The number of nitrogens with zero attached hydrogens (tertiary/aromatic N) is 4. The fraction of sp³-hybridized carbons (Fsp3) is 0.429. The number of pyridine rings is 2. The Hall–Kier alpha value is -3.36. The number of ether oxygens (including phenoxy) is 1. The topological polar surface area (TPSA) is 122 Å². The molecule has 1 atom stereocenters. The third-order valence-electron chi connectivity index (χ3n) is 4.99.